The molecule has 0 aliphatic rings. The lowest BCUT2D eigenvalue weighted by atomic mass is 10.1. The Kier molecular flexibility index (Phi) is 11.0. The van der Waals surface area contributed by atoms with Crippen LogP contribution in [0, 0.1) is 0 Å². The predicted molar refractivity (Wildman–Crippen MR) is 163 cm³/mol. The summed E-state index contributed by atoms with van der Waals surface area (Å²) in [6, 6.07) is 23.7. The molecule has 0 saturated carbocycles. The molecular weight excluding hydrogens is 572 g/mol. The Morgan fingerprint density at radius 1 is 0.884 bits per heavy atom. The van der Waals surface area contributed by atoms with Gasteiger partial charge in [0.25, 0.3) is 5.91 Å². The van der Waals surface area contributed by atoms with E-state index < -0.39 is 29.9 Å². The molecule has 0 aliphatic heterocycles. The number of carboxylic acids is 1. The fourth-order valence-electron chi connectivity index (χ4n) is 4.32. The van der Waals surface area contributed by atoms with Crippen LogP contribution in [-0.2, 0) is 27.4 Å². The fourth-order valence-corrected chi connectivity index (χ4v) is 4.51. The first-order valence-electron chi connectivity index (χ1n) is 13.7. The van der Waals surface area contributed by atoms with E-state index >= 15 is 0 Å². The second kappa shape index (κ2) is 15.3. The van der Waals surface area contributed by atoms with Crippen molar-refractivity contribution in [2.75, 3.05) is 11.9 Å². The van der Waals surface area contributed by atoms with E-state index in [0.717, 1.165) is 5.39 Å². The molecule has 1 heterocycles. The number of halogens is 1. The number of carboxylic acid groups (broad SMARTS) is 1. The van der Waals surface area contributed by atoms with E-state index in [1.807, 2.05) is 18.2 Å². The smallest absolute Gasteiger partial charge is 0.407 e. The van der Waals surface area contributed by atoms with E-state index in [4.69, 9.17) is 21.4 Å². The molecule has 4 rings (SSSR count). The number of aromatic nitrogens is 1. The maximum absolute atomic E-state index is 13.4. The summed E-state index contributed by atoms with van der Waals surface area (Å²) >= 11 is 6.10. The first-order valence-corrected chi connectivity index (χ1v) is 14.1. The van der Waals surface area contributed by atoms with Crippen LogP contribution in [0.1, 0.15) is 40.9 Å². The van der Waals surface area contributed by atoms with Gasteiger partial charge >= 0.3 is 12.1 Å². The van der Waals surface area contributed by atoms with E-state index in [2.05, 4.69) is 20.9 Å². The summed E-state index contributed by atoms with van der Waals surface area (Å²) in [5, 5.41) is 18.7. The Morgan fingerprint density at radius 2 is 1.60 bits per heavy atom. The number of hydrogen-bond acceptors (Lipinski definition) is 6. The van der Waals surface area contributed by atoms with Crippen LogP contribution in [0.4, 0.5) is 10.5 Å². The number of carbonyl (C=O) groups excluding carboxylic acids is 3. The van der Waals surface area contributed by atoms with E-state index in [-0.39, 0.29) is 38.1 Å². The van der Waals surface area contributed by atoms with Crippen molar-refractivity contribution < 1.29 is 29.0 Å². The van der Waals surface area contributed by atoms with Crippen molar-refractivity contribution in [1.29, 1.82) is 0 Å². The minimum absolute atomic E-state index is 0.00659. The van der Waals surface area contributed by atoms with Crippen molar-refractivity contribution in [3.05, 3.63) is 107 Å². The van der Waals surface area contributed by atoms with Crippen LogP contribution in [0.25, 0.3) is 10.9 Å². The lowest BCUT2D eigenvalue weighted by Gasteiger charge is -2.20. The highest BCUT2D eigenvalue weighted by Gasteiger charge is 2.23. The van der Waals surface area contributed by atoms with Gasteiger partial charge in [-0.2, -0.15) is 0 Å². The van der Waals surface area contributed by atoms with Crippen molar-refractivity contribution in [3.8, 4) is 0 Å². The molecule has 0 spiro atoms. The van der Waals surface area contributed by atoms with Crippen molar-refractivity contribution >= 4 is 52.1 Å². The molecule has 1 aromatic heterocycles. The maximum Gasteiger partial charge on any atom is 0.407 e. The topological polar surface area (TPSA) is 147 Å². The molecule has 0 radical (unpaired) electrons. The average molecular weight is 603 g/mol. The van der Waals surface area contributed by atoms with Crippen LogP contribution in [0.2, 0.25) is 5.02 Å². The molecule has 0 saturated heterocycles. The largest absolute Gasteiger partial charge is 0.481 e. The van der Waals surface area contributed by atoms with Crippen LogP contribution in [-0.4, -0.2) is 46.6 Å². The number of benzene rings is 3. The Hall–Kier alpha value is -4.96. The van der Waals surface area contributed by atoms with Crippen molar-refractivity contribution in [3.63, 3.8) is 0 Å². The number of rotatable bonds is 13. The van der Waals surface area contributed by atoms with Crippen molar-refractivity contribution in [2.24, 2.45) is 0 Å². The predicted octanol–water partition coefficient (Wildman–Crippen LogP) is 5.35. The zero-order valence-corrected chi connectivity index (χ0v) is 24.0. The number of pyridine rings is 1. The van der Waals surface area contributed by atoms with Gasteiger partial charge in [-0.1, -0.05) is 72.3 Å². The fraction of sp³-hybridized carbons (Fsp3) is 0.219. The Bertz CT molecular complexity index is 1610. The first kappa shape index (κ1) is 31.0. The summed E-state index contributed by atoms with van der Waals surface area (Å²) in [5.41, 5.74) is 2.58. The molecule has 10 nitrogen and oxygen atoms in total. The van der Waals surface area contributed by atoms with E-state index in [9.17, 15) is 19.2 Å². The molecule has 3 amide bonds. The normalized spacial score (nSPS) is 11.4. The number of carbonyl (C=O) groups is 4. The van der Waals surface area contributed by atoms with Gasteiger partial charge in [0.1, 0.15) is 18.3 Å². The molecule has 11 heteroatoms. The number of alkyl carbamates (subject to hydrolysis) is 1. The molecule has 1 atom stereocenters. The van der Waals surface area contributed by atoms with Gasteiger partial charge in [-0.3, -0.25) is 14.4 Å². The summed E-state index contributed by atoms with van der Waals surface area (Å²) in [4.78, 5) is 54.3. The molecule has 0 aliphatic carbocycles. The van der Waals surface area contributed by atoms with E-state index in [0.29, 0.717) is 33.8 Å². The van der Waals surface area contributed by atoms with Gasteiger partial charge in [0.05, 0.1) is 5.52 Å². The number of fused-ring (bicyclic) bond motifs is 1. The van der Waals surface area contributed by atoms with Crippen LogP contribution < -0.4 is 16.0 Å². The highest BCUT2D eigenvalue weighted by atomic mass is 35.5. The molecule has 0 bridgehead atoms. The number of ether oxygens (including phenoxy) is 1. The second-order valence-corrected chi connectivity index (χ2v) is 10.1. The lowest BCUT2D eigenvalue weighted by molar-refractivity contribution is -0.137. The first-order chi connectivity index (χ1) is 20.8. The minimum Gasteiger partial charge on any atom is -0.481 e. The SMILES string of the molecule is O=C(O)CCc1ccccc1NC(=O)[C@H](CCCNC(=O)OCc1ccccc1Cl)NC(=O)c1ccc2ccccc2n1. The number of nitrogens with zero attached hydrogens (tertiary/aromatic N) is 1. The molecule has 43 heavy (non-hydrogen) atoms. The molecular formula is C32H31ClN4O6. The third-order valence-electron chi connectivity index (χ3n) is 6.59. The highest BCUT2D eigenvalue weighted by molar-refractivity contribution is 6.31. The number of anilines is 1. The average Bonchev–Trinajstić information content (AvgIpc) is 3.01. The summed E-state index contributed by atoms with van der Waals surface area (Å²) in [6.07, 6.45) is 0.0133. The lowest BCUT2D eigenvalue weighted by Crippen LogP contribution is -2.44. The monoisotopic (exact) mass is 602 g/mol. The Labute approximate surface area is 253 Å². The van der Waals surface area contributed by atoms with Crippen LogP contribution >= 0.6 is 11.6 Å². The second-order valence-electron chi connectivity index (χ2n) is 9.69. The van der Waals surface area contributed by atoms with Gasteiger partial charge in [-0.05, 0) is 49.1 Å². The third kappa shape index (κ3) is 9.27. The molecule has 222 valence electrons. The highest BCUT2D eigenvalue weighted by Crippen LogP contribution is 2.19. The Morgan fingerprint density at radius 3 is 2.40 bits per heavy atom. The molecule has 4 aromatic rings. The van der Waals surface area contributed by atoms with Crippen molar-refractivity contribution in [1.82, 2.24) is 15.6 Å². The summed E-state index contributed by atoms with van der Waals surface area (Å²) in [6.45, 7) is 0.192. The maximum atomic E-state index is 13.4. The van der Waals surface area contributed by atoms with Gasteiger partial charge < -0.3 is 25.8 Å². The number of aryl methyl sites for hydroxylation is 1. The van der Waals surface area contributed by atoms with Crippen LogP contribution in [0.3, 0.4) is 0 Å². The number of nitrogens with one attached hydrogen (secondary N) is 3. The van der Waals surface area contributed by atoms with Gasteiger partial charge in [0, 0.05) is 34.6 Å². The van der Waals surface area contributed by atoms with E-state index in [1.54, 1.807) is 66.7 Å². The van der Waals surface area contributed by atoms with Gasteiger partial charge in [-0.25, -0.2) is 9.78 Å². The van der Waals surface area contributed by atoms with Gasteiger partial charge in [0.2, 0.25) is 5.91 Å². The Balaban J connectivity index is 1.40. The van der Waals surface area contributed by atoms with Crippen molar-refractivity contribution in [2.45, 2.75) is 38.3 Å². The molecule has 0 fully saturated rings. The quantitative estimate of drug-likeness (QED) is 0.151. The molecule has 0 unspecified atom stereocenters. The van der Waals surface area contributed by atoms with Gasteiger partial charge in [-0.15, -0.1) is 0 Å². The standard InChI is InChI=1S/C32H31ClN4O6/c33-24-11-4-1-10-23(24)20-43-32(42)34-19-7-14-27(30(40)36-26-13-6-3-9-22(26)16-18-29(38)39)37-31(41)28-17-15-21-8-2-5-12-25(21)35-28/h1-6,8-13,15,17,27H,7,14,16,18-20H2,(H,34,42)(H,36,40)(H,37,41)(H,38,39)/t27-/m0/s1. The summed E-state index contributed by atoms with van der Waals surface area (Å²) in [5.74, 6) is -1.97. The van der Waals surface area contributed by atoms with E-state index in [1.165, 1.54) is 0 Å². The van der Waals surface area contributed by atoms with Gasteiger partial charge in [0.15, 0.2) is 0 Å². The summed E-state index contributed by atoms with van der Waals surface area (Å²) in [7, 11) is 0. The third-order valence-corrected chi connectivity index (χ3v) is 6.96. The zero-order chi connectivity index (χ0) is 30.6. The number of amides is 3. The van der Waals surface area contributed by atoms with Crippen LogP contribution in [0.15, 0.2) is 84.9 Å². The molecule has 4 N–H and O–H groups in total. The molecule has 3 aromatic carbocycles. The number of para-hydroxylation sites is 2. The zero-order valence-electron chi connectivity index (χ0n) is 23.2. The van der Waals surface area contributed by atoms with Crippen LogP contribution in [0.5, 0.6) is 0 Å². The minimum atomic E-state index is -0.978. The number of hydrogen-bond donors (Lipinski definition) is 4. The number of aliphatic carboxylic acids is 1. The summed E-state index contributed by atoms with van der Waals surface area (Å²) < 4.78 is 5.22.